The van der Waals surface area contributed by atoms with Crippen molar-refractivity contribution in [1.82, 2.24) is 9.80 Å². The minimum atomic E-state index is -1.04. The van der Waals surface area contributed by atoms with Crippen molar-refractivity contribution in [2.75, 3.05) is 13.7 Å². The zero-order valence-corrected chi connectivity index (χ0v) is 17.5. The van der Waals surface area contributed by atoms with Crippen LogP contribution in [0.15, 0.2) is 48.5 Å². The van der Waals surface area contributed by atoms with Crippen LogP contribution in [-0.4, -0.2) is 59.2 Å². The van der Waals surface area contributed by atoms with Gasteiger partial charge in [-0.2, -0.15) is 0 Å². The molecule has 2 aliphatic rings. The lowest BCUT2D eigenvalue weighted by Gasteiger charge is -2.31. The highest BCUT2D eigenvalue weighted by atomic mass is 16.5. The number of nitrogens with zero attached hydrogens (tertiary/aromatic N) is 2. The van der Waals surface area contributed by atoms with Gasteiger partial charge in [-0.15, -0.1) is 0 Å². The molecular formula is C24H24N2O5. The zero-order chi connectivity index (χ0) is 22.1. The van der Waals surface area contributed by atoms with E-state index in [1.165, 1.54) is 12.0 Å². The van der Waals surface area contributed by atoms with E-state index in [2.05, 4.69) is 0 Å². The summed E-state index contributed by atoms with van der Waals surface area (Å²) >= 11 is 0. The van der Waals surface area contributed by atoms with Crippen LogP contribution in [0.25, 0.3) is 0 Å². The predicted molar refractivity (Wildman–Crippen MR) is 112 cm³/mol. The lowest BCUT2D eigenvalue weighted by Crippen LogP contribution is -2.54. The molecule has 2 aromatic carbocycles. The fourth-order valence-corrected chi connectivity index (χ4v) is 4.45. The number of ether oxygens (including phenoxy) is 1. The molecule has 0 aromatic heterocycles. The molecule has 1 fully saturated rings. The largest absolute Gasteiger partial charge is 0.467 e. The Hall–Kier alpha value is -3.48. The van der Waals surface area contributed by atoms with E-state index in [4.69, 9.17) is 4.74 Å². The second-order valence-electron chi connectivity index (χ2n) is 7.95. The number of amides is 3. The van der Waals surface area contributed by atoms with Gasteiger partial charge in [0.15, 0.2) is 0 Å². The highest BCUT2D eigenvalue weighted by Gasteiger charge is 2.46. The summed E-state index contributed by atoms with van der Waals surface area (Å²) in [6, 6.07) is 12.4. The molecule has 0 bridgehead atoms. The van der Waals surface area contributed by atoms with Crippen LogP contribution in [0.3, 0.4) is 0 Å². The first-order chi connectivity index (χ1) is 14.9. The van der Waals surface area contributed by atoms with E-state index in [-0.39, 0.29) is 6.42 Å². The molecule has 2 aliphatic heterocycles. The number of carbonyl (C=O) groups is 4. The van der Waals surface area contributed by atoms with Crippen LogP contribution in [0.2, 0.25) is 0 Å². The van der Waals surface area contributed by atoms with Crippen molar-refractivity contribution in [1.29, 1.82) is 0 Å². The Labute approximate surface area is 180 Å². The van der Waals surface area contributed by atoms with Crippen molar-refractivity contribution in [3.05, 3.63) is 70.8 Å². The molecule has 31 heavy (non-hydrogen) atoms. The van der Waals surface area contributed by atoms with Crippen LogP contribution in [0.5, 0.6) is 0 Å². The van der Waals surface area contributed by atoms with Crippen molar-refractivity contribution in [3.8, 4) is 0 Å². The van der Waals surface area contributed by atoms with E-state index >= 15 is 0 Å². The number of esters is 1. The molecule has 1 saturated heterocycles. The monoisotopic (exact) mass is 420 g/mol. The summed E-state index contributed by atoms with van der Waals surface area (Å²) in [5.41, 5.74) is 2.43. The maximum Gasteiger partial charge on any atom is 0.328 e. The lowest BCUT2D eigenvalue weighted by molar-refractivity contribution is -0.152. The van der Waals surface area contributed by atoms with E-state index in [1.807, 2.05) is 31.2 Å². The number of benzene rings is 2. The van der Waals surface area contributed by atoms with Crippen molar-refractivity contribution >= 4 is 23.7 Å². The van der Waals surface area contributed by atoms with Gasteiger partial charge in [0.25, 0.3) is 11.8 Å². The van der Waals surface area contributed by atoms with Crippen LogP contribution >= 0.6 is 0 Å². The first-order valence-corrected chi connectivity index (χ1v) is 10.3. The molecule has 0 radical (unpaired) electrons. The van der Waals surface area contributed by atoms with Crippen LogP contribution in [0.4, 0.5) is 0 Å². The predicted octanol–water partition coefficient (Wildman–Crippen LogP) is 2.37. The van der Waals surface area contributed by atoms with Gasteiger partial charge in [0, 0.05) is 13.0 Å². The molecule has 4 rings (SSSR count). The third kappa shape index (κ3) is 3.71. The molecule has 0 saturated carbocycles. The van der Waals surface area contributed by atoms with Crippen molar-refractivity contribution < 1.29 is 23.9 Å². The Balaban J connectivity index is 1.72. The molecule has 0 spiro atoms. The SMILES string of the molecule is COC(=O)C1CCCN1C(=O)C(Cc1cccc(C)c1)N1C(=O)c2ccccc2C1=O. The smallest absolute Gasteiger partial charge is 0.328 e. The lowest BCUT2D eigenvalue weighted by atomic mass is 10.0. The Morgan fingerprint density at radius 1 is 1.06 bits per heavy atom. The molecule has 2 aromatic rings. The summed E-state index contributed by atoms with van der Waals surface area (Å²) in [5, 5.41) is 0. The second-order valence-corrected chi connectivity index (χ2v) is 7.95. The Kier molecular flexibility index (Phi) is 5.59. The van der Waals surface area contributed by atoms with Crippen LogP contribution in [-0.2, 0) is 20.7 Å². The number of likely N-dealkylation sites (tertiary alicyclic amines) is 1. The molecule has 3 amide bonds. The maximum atomic E-state index is 13.7. The van der Waals surface area contributed by atoms with Crippen molar-refractivity contribution in [2.45, 2.75) is 38.3 Å². The Morgan fingerprint density at radius 2 is 1.74 bits per heavy atom. The minimum absolute atomic E-state index is 0.177. The number of fused-ring (bicyclic) bond motifs is 1. The molecule has 0 aliphatic carbocycles. The zero-order valence-electron chi connectivity index (χ0n) is 17.5. The van der Waals surface area contributed by atoms with Crippen molar-refractivity contribution in [2.24, 2.45) is 0 Å². The fourth-order valence-electron chi connectivity index (χ4n) is 4.45. The topological polar surface area (TPSA) is 84.0 Å². The van der Waals surface area contributed by atoms with Gasteiger partial charge in [-0.05, 0) is 37.5 Å². The summed E-state index contributed by atoms with van der Waals surface area (Å²) in [6.45, 7) is 2.32. The van der Waals surface area contributed by atoms with E-state index in [1.54, 1.807) is 24.3 Å². The van der Waals surface area contributed by atoms with Gasteiger partial charge in [-0.3, -0.25) is 19.3 Å². The number of hydrogen-bond acceptors (Lipinski definition) is 5. The summed E-state index contributed by atoms with van der Waals surface area (Å²) in [4.78, 5) is 54.7. The normalized spacial score (nSPS) is 18.8. The number of rotatable bonds is 5. The summed E-state index contributed by atoms with van der Waals surface area (Å²) in [7, 11) is 1.29. The van der Waals surface area contributed by atoms with Gasteiger partial charge >= 0.3 is 5.97 Å². The quantitative estimate of drug-likeness (QED) is 0.548. The van der Waals surface area contributed by atoms with Gasteiger partial charge < -0.3 is 9.64 Å². The van der Waals surface area contributed by atoms with Crippen LogP contribution in [0, 0.1) is 6.92 Å². The minimum Gasteiger partial charge on any atom is -0.467 e. The first-order valence-electron chi connectivity index (χ1n) is 10.3. The molecular weight excluding hydrogens is 396 g/mol. The number of aryl methyl sites for hydroxylation is 1. The van der Waals surface area contributed by atoms with Gasteiger partial charge in [-0.1, -0.05) is 42.0 Å². The molecule has 2 atom stereocenters. The molecule has 160 valence electrons. The highest BCUT2D eigenvalue weighted by molar-refractivity contribution is 6.23. The van der Waals surface area contributed by atoms with Gasteiger partial charge in [-0.25, -0.2) is 4.79 Å². The standard InChI is InChI=1S/C24H24N2O5/c1-15-7-5-8-16(13-15)14-20(23(29)25-12-6-11-19(25)24(30)31-2)26-21(27)17-9-3-4-10-18(17)22(26)28/h3-5,7-10,13,19-20H,6,11-12,14H2,1-2H3. The number of imide groups is 1. The third-order valence-corrected chi connectivity index (χ3v) is 5.94. The third-order valence-electron chi connectivity index (χ3n) is 5.94. The first kappa shape index (κ1) is 20.8. The average molecular weight is 420 g/mol. The molecule has 0 N–H and O–H groups in total. The summed E-state index contributed by atoms with van der Waals surface area (Å²) < 4.78 is 4.87. The number of carbonyl (C=O) groups excluding carboxylic acids is 4. The Morgan fingerprint density at radius 3 is 2.35 bits per heavy atom. The Bertz CT molecular complexity index is 1030. The highest BCUT2D eigenvalue weighted by Crippen LogP contribution is 2.29. The summed E-state index contributed by atoms with van der Waals surface area (Å²) in [5.74, 6) is -1.87. The second kappa shape index (κ2) is 8.34. The van der Waals surface area contributed by atoms with E-state index in [0.29, 0.717) is 30.5 Å². The van der Waals surface area contributed by atoms with Gasteiger partial charge in [0.2, 0.25) is 5.91 Å². The van der Waals surface area contributed by atoms with Crippen LogP contribution in [0.1, 0.15) is 44.7 Å². The molecule has 7 heteroatoms. The molecule has 7 nitrogen and oxygen atoms in total. The number of hydrogen-bond donors (Lipinski definition) is 0. The summed E-state index contributed by atoms with van der Waals surface area (Å²) in [6.07, 6.45) is 1.33. The van der Waals surface area contributed by atoms with E-state index in [9.17, 15) is 19.2 Å². The van der Waals surface area contributed by atoms with Gasteiger partial charge in [0.05, 0.1) is 18.2 Å². The van der Waals surface area contributed by atoms with E-state index in [0.717, 1.165) is 16.0 Å². The van der Waals surface area contributed by atoms with Crippen molar-refractivity contribution in [3.63, 3.8) is 0 Å². The van der Waals surface area contributed by atoms with Crippen LogP contribution < -0.4 is 0 Å². The molecule has 2 heterocycles. The fraction of sp³-hybridized carbons (Fsp3) is 0.333. The van der Waals surface area contributed by atoms with E-state index < -0.39 is 35.8 Å². The number of methoxy groups -OCH3 is 1. The maximum absolute atomic E-state index is 13.7. The van der Waals surface area contributed by atoms with Gasteiger partial charge in [0.1, 0.15) is 12.1 Å². The average Bonchev–Trinajstić information content (AvgIpc) is 3.35. The molecule has 2 unspecified atom stereocenters.